The van der Waals surface area contributed by atoms with E-state index in [1.807, 2.05) is 18.5 Å². The summed E-state index contributed by atoms with van der Waals surface area (Å²) in [5, 5.41) is 21.5. The van der Waals surface area contributed by atoms with Gasteiger partial charge in [0.2, 0.25) is 5.69 Å². The highest BCUT2D eigenvalue weighted by Crippen LogP contribution is 2.16. The van der Waals surface area contributed by atoms with Crippen molar-refractivity contribution in [3.8, 4) is 0 Å². The van der Waals surface area contributed by atoms with E-state index in [1.165, 1.54) is 17.9 Å². The Morgan fingerprint density at radius 3 is 2.81 bits per heavy atom. The second-order valence-electron chi connectivity index (χ2n) is 4.55. The molecular formula is C12H16N6O3. The number of amides is 1. The molecule has 112 valence electrons. The standard InChI is InChI=1S/C12H16N6O3/c1-4-17-8(2)9(6-14-17)5-13-12(19)11-10(18(20)21)7-16(3)15-11/h6-7H,4-5H2,1-3H3,(H,13,19). The first-order valence-corrected chi connectivity index (χ1v) is 6.41. The predicted molar refractivity (Wildman–Crippen MR) is 73.7 cm³/mol. The van der Waals surface area contributed by atoms with Crippen LogP contribution in [0.2, 0.25) is 0 Å². The molecule has 0 saturated heterocycles. The summed E-state index contributed by atoms with van der Waals surface area (Å²) in [7, 11) is 1.53. The molecule has 0 radical (unpaired) electrons. The van der Waals surface area contributed by atoms with Gasteiger partial charge in [0.15, 0.2) is 0 Å². The number of carbonyl (C=O) groups excluding carboxylic acids is 1. The number of carbonyl (C=O) groups is 1. The molecule has 0 aliphatic rings. The number of hydrogen-bond donors (Lipinski definition) is 1. The van der Waals surface area contributed by atoms with Crippen molar-refractivity contribution in [1.29, 1.82) is 0 Å². The average Bonchev–Trinajstić information content (AvgIpc) is 2.99. The topological polar surface area (TPSA) is 108 Å². The molecule has 0 saturated carbocycles. The van der Waals surface area contributed by atoms with Crippen molar-refractivity contribution < 1.29 is 9.72 Å². The molecule has 0 unspecified atom stereocenters. The quantitative estimate of drug-likeness (QED) is 0.647. The zero-order chi connectivity index (χ0) is 15.6. The molecule has 0 aliphatic carbocycles. The van der Waals surface area contributed by atoms with Crippen LogP contribution in [0, 0.1) is 17.0 Å². The fourth-order valence-electron chi connectivity index (χ4n) is 2.01. The molecule has 0 atom stereocenters. The minimum atomic E-state index is -0.623. The van der Waals surface area contributed by atoms with Gasteiger partial charge < -0.3 is 5.32 Å². The summed E-state index contributed by atoms with van der Waals surface area (Å²) >= 11 is 0. The number of rotatable bonds is 5. The molecule has 2 aromatic heterocycles. The third-order valence-electron chi connectivity index (χ3n) is 3.17. The molecule has 1 N–H and O–H groups in total. The minimum absolute atomic E-state index is 0.192. The van der Waals surface area contributed by atoms with Gasteiger partial charge in [-0.25, -0.2) is 0 Å². The van der Waals surface area contributed by atoms with Crippen LogP contribution >= 0.6 is 0 Å². The van der Waals surface area contributed by atoms with Gasteiger partial charge in [0.25, 0.3) is 5.91 Å². The van der Waals surface area contributed by atoms with Crippen molar-refractivity contribution in [2.75, 3.05) is 0 Å². The molecular weight excluding hydrogens is 276 g/mol. The smallest absolute Gasteiger partial charge is 0.320 e. The maximum Gasteiger partial charge on any atom is 0.320 e. The van der Waals surface area contributed by atoms with Gasteiger partial charge >= 0.3 is 5.69 Å². The van der Waals surface area contributed by atoms with Crippen molar-refractivity contribution >= 4 is 11.6 Å². The summed E-state index contributed by atoms with van der Waals surface area (Å²) in [5.74, 6) is -0.578. The van der Waals surface area contributed by atoms with Gasteiger partial charge in [0, 0.05) is 31.4 Å². The van der Waals surface area contributed by atoms with E-state index in [0.29, 0.717) is 0 Å². The largest absolute Gasteiger partial charge is 0.346 e. The minimum Gasteiger partial charge on any atom is -0.346 e. The van der Waals surface area contributed by atoms with Crippen molar-refractivity contribution in [2.45, 2.75) is 26.9 Å². The molecule has 0 spiro atoms. The molecule has 1 amide bonds. The first kappa shape index (κ1) is 14.7. The van der Waals surface area contributed by atoms with Crippen LogP contribution in [0.1, 0.15) is 28.7 Å². The Hall–Kier alpha value is -2.71. The zero-order valence-electron chi connectivity index (χ0n) is 12.0. The van der Waals surface area contributed by atoms with Gasteiger partial charge in [-0.3, -0.25) is 24.3 Å². The average molecular weight is 292 g/mol. The number of nitrogens with one attached hydrogen (secondary N) is 1. The Kier molecular flexibility index (Phi) is 4.01. The zero-order valence-corrected chi connectivity index (χ0v) is 12.0. The first-order chi connectivity index (χ1) is 9.93. The van der Waals surface area contributed by atoms with E-state index < -0.39 is 10.8 Å². The summed E-state index contributed by atoms with van der Waals surface area (Å²) in [6.07, 6.45) is 2.88. The molecule has 0 aromatic carbocycles. The van der Waals surface area contributed by atoms with Gasteiger partial charge in [0.1, 0.15) is 6.20 Å². The van der Waals surface area contributed by atoms with E-state index in [1.54, 1.807) is 6.20 Å². The van der Waals surface area contributed by atoms with Gasteiger partial charge in [-0.2, -0.15) is 10.2 Å². The Morgan fingerprint density at radius 1 is 1.52 bits per heavy atom. The van der Waals surface area contributed by atoms with Crippen LogP contribution in [0.3, 0.4) is 0 Å². The maximum atomic E-state index is 12.0. The molecule has 21 heavy (non-hydrogen) atoms. The Bertz CT molecular complexity index is 687. The lowest BCUT2D eigenvalue weighted by Gasteiger charge is -2.04. The molecule has 0 fully saturated rings. The van der Waals surface area contributed by atoms with Crippen LogP contribution in [0.5, 0.6) is 0 Å². The van der Waals surface area contributed by atoms with E-state index >= 15 is 0 Å². The van der Waals surface area contributed by atoms with Crippen LogP contribution < -0.4 is 5.32 Å². The Morgan fingerprint density at radius 2 is 2.24 bits per heavy atom. The molecule has 2 heterocycles. The number of hydrogen-bond acceptors (Lipinski definition) is 5. The summed E-state index contributed by atoms with van der Waals surface area (Å²) in [5.41, 5.74) is 1.32. The van der Waals surface area contributed by atoms with E-state index in [0.717, 1.165) is 17.8 Å². The molecule has 9 nitrogen and oxygen atoms in total. The Balaban J connectivity index is 2.12. The first-order valence-electron chi connectivity index (χ1n) is 6.41. The third kappa shape index (κ3) is 2.91. The number of aryl methyl sites for hydroxylation is 2. The highest BCUT2D eigenvalue weighted by molar-refractivity contribution is 5.95. The number of aromatic nitrogens is 4. The van der Waals surface area contributed by atoms with Crippen molar-refractivity contribution in [1.82, 2.24) is 24.9 Å². The molecule has 9 heteroatoms. The van der Waals surface area contributed by atoms with Crippen LogP contribution in [0.25, 0.3) is 0 Å². The maximum absolute atomic E-state index is 12.0. The molecule has 0 bridgehead atoms. The monoisotopic (exact) mass is 292 g/mol. The van der Waals surface area contributed by atoms with E-state index in [2.05, 4.69) is 15.5 Å². The van der Waals surface area contributed by atoms with Gasteiger partial charge in [-0.05, 0) is 13.8 Å². The fraction of sp³-hybridized carbons (Fsp3) is 0.417. The van der Waals surface area contributed by atoms with Gasteiger partial charge in [-0.1, -0.05) is 0 Å². The lowest BCUT2D eigenvalue weighted by Crippen LogP contribution is -2.24. The second-order valence-corrected chi connectivity index (χ2v) is 4.55. The lowest BCUT2D eigenvalue weighted by molar-refractivity contribution is -0.385. The van der Waals surface area contributed by atoms with Crippen molar-refractivity contribution in [2.24, 2.45) is 7.05 Å². The van der Waals surface area contributed by atoms with Crippen LogP contribution in [0.4, 0.5) is 5.69 Å². The normalized spacial score (nSPS) is 10.6. The van der Waals surface area contributed by atoms with Gasteiger partial charge in [0.05, 0.1) is 11.1 Å². The van der Waals surface area contributed by atoms with Crippen LogP contribution in [-0.2, 0) is 20.1 Å². The van der Waals surface area contributed by atoms with Crippen molar-refractivity contribution in [3.05, 3.63) is 39.5 Å². The second kappa shape index (κ2) is 5.73. The number of nitro groups is 1. The highest BCUT2D eigenvalue weighted by Gasteiger charge is 2.24. The number of nitrogens with zero attached hydrogens (tertiary/aromatic N) is 5. The summed E-state index contributed by atoms with van der Waals surface area (Å²) < 4.78 is 3.05. The van der Waals surface area contributed by atoms with Crippen LogP contribution in [0.15, 0.2) is 12.4 Å². The molecule has 0 aliphatic heterocycles. The van der Waals surface area contributed by atoms with Crippen LogP contribution in [-0.4, -0.2) is 30.4 Å². The third-order valence-corrected chi connectivity index (χ3v) is 3.17. The lowest BCUT2D eigenvalue weighted by atomic mass is 10.2. The van der Waals surface area contributed by atoms with E-state index in [4.69, 9.17) is 0 Å². The van der Waals surface area contributed by atoms with Crippen molar-refractivity contribution in [3.63, 3.8) is 0 Å². The summed E-state index contributed by atoms with van der Waals surface area (Å²) in [6, 6.07) is 0. The van der Waals surface area contributed by atoms with E-state index in [-0.39, 0.29) is 17.9 Å². The summed E-state index contributed by atoms with van der Waals surface area (Å²) in [6.45, 7) is 4.87. The fourth-order valence-corrected chi connectivity index (χ4v) is 2.01. The predicted octanol–water partition coefficient (Wildman–Crippen LogP) is 0.783. The molecule has 2 aromatic rings. The summed E-state index contributed by atoms with van der Waals surface area (Å²) in [4.78, 5) is 22.3. The highest BCUT2D eigenvalue weighted by atomic mass is 16.6. The Labute approximate surface area is 120 Å². The van der Waals surface area contributed by atoms with E-state index in [9.17, 15) is 14.9 Å². The van der Waals surface area contributed by atoms with Gasteiger partial charge in [-0.15, -0.1) is 0 Å². The SMILES string of the molecule is CCn1ncc(CNC(=O)c2nn(C)cc2[N+](=O)[O-])c1C. The molecule has 2 rings (SSSR count).